The molecule has 30 heavy (non-hydrogen) atoms. The number of likely N-dealkylation sites (tertiary alicyclic amines) is 1. The summed E-state index contributed by atoms with van der Waals surface area (Å²) in [5.41, 5.74) is 2.41. The van der Waals surface area contributed by atoms with Crippen LogP contribution in [0.25, 0.3) is 0 Å². The molecule has 2 amide bonds. The van der Waals surface area contributed by atoms with E-state index in [1.54, 1.807) is 13.0 Å². The van der Waals surface area contributed by atoms with Crippen molar-refractivity contribution in [1.29, 1.82) is 0 Å². The second-order valence-electron chi connectivity index (χ2n) is 8.02. The highest BCUT2D eigenvalue weighted by Gasteiger charge is 2.24. The van der Waals surface area contributed by atoms with Crippen LogP contribution in [0.5, 0.6) is 0 Å². The number of amides is 2. The molecule has 0 radical (unpaired) electrons. The highest BCUT2D eigenvalue weighted by molar-refractivity contribution is 6.30. The number of carbonyl (C=O) groups excluding carboxylic acids is 2. The molecule has 0 unspecified atom stereocenters. The Balaban J connectivity index is 1.43. The lowest BCUT2D eigenvalue weighted by Crippen LogP contribution is -2.40. The third-order valence-electron chi connectivity index (χ3n) is 5.63. The van der Waals surface area contributed by atoms with E-state index in [9.17, 15) is 14.0 Å². The number of nitrogens with one attached hydrogen (secondary N) is 1. The summed E-state index contributed by atoms with van der Waals surface area (Å²) >= 11 is 6.01. The van der Waals surface area contributed by atoms with Crippen molar-refractivity contribution in [3.05, 3.63) is 64.4 Å². The van der Waals surface area contributed by atoms with E-state index in [0.29, 0.717) is 48.0 Å². The minimum atomic E-state index is -0.312. The van der Waals surface area contributed by atoms with Crippen molar-refractivity contribution in [2.75, 3.05) is 18.4 Å². The van der Waals surface area contributed by atoms with Crippen molar-refractivity contribution in [2.24, 2.45) is 5.92 Å². The molecule has 6 heteroatoms. The smallest absolute Gasteiger partial charge is 0.224 e. The van der Waals surface area contributed by atoms with Gasteiger partial charge in [-0.2, -0.15) is 0 Å². The van der Waals surface area contributed by atoms with Crippen molar-refractivity contribution < 1.29 is 14.0 Å². The first-order valence-corrected chi connectivity index (χ1v) is 10.9. The lowest BCUT2D eigenvalue weighted by atomic mass is 9.93. The molecule has 160 valence electrons. The van der Waals surface area contributed by atoms with Crippen LogP contribution in [0.2, 0.25) is 5.02 Å². The molecule has 4 nitrogen and oxygen atoms in total. The van der Waals surface area contributed by atoms with Gasteiger partial charge in [0.2, 0.25) is 11.8 Å². The molecule has 3 rings (SSSR count). The molecule has 1 aliphatic rings. The fraction of sp³-hybridized carbons (Fsp3) is 0.417. The summed E-state index contributed by atoms with van der Waals surface area (Å²) < 4.78 is 13.2. The summed E-state index contributed by atoms with van der Waals surface area (Å²) in [6.45, 7) is 3.26. The second kappa shape index (κ2) is 10.6. The molecule has 1 saturated heterocycles. The Morgan fingerprint density at radius 2 is 2.03 bits per heavy atom. The molecule has 2 aromatic rings. The Morgan fingerprint density at radius 1 is 1.20 bits per heavy atom. The zero-order valence-electron chi connectivity index (χ0n) is 17.3. The number of halogens is 2. The van der Waals surface area contributed by atoms with E-state index >= 15 is 0 Å². The monoisotopic (exact) mass is 430 g/mol. The van der Waals surface area contributed by atoms with Gasteiger partial charge in [-0.25, -0.2) is 4.39 Å². The Kier molecular flexibility index (Phi) is 7.86. The maximum absolute atomic E-state index is 13.2. The summed E-state index contributed by atoms with van der Waals surface area (Å²) in [5.74, 6) is 0.0990. The number of aryl methyl sites for hydroxylation is 2. The Morgan fingerprint density at radius 3 is 2.80 bits per heavy atom. The summed E-state index contributed by atoms with van der Waals surface area (Å²) in [5, 5.41) is 3.54. The van der Waals surface area contributed by atoms with E-state index in [1.165, 1.54) is 12.1 Å². The van der Waals surface area contributed by atoms with Gasteiger partial charge in [0.1, 0.15) is 5.82 Å². The van der Waals surface area contributed by atoms with Gasteiger partial charge in [-0.3, -0.25) is 9.59 Å². The molecule has 0 aliphatic carbocycles. The molecular weight excluding hydrogens is 403 g/mol. The molecule has 0 spiro atoms. The van der Waals surface area contributed by atoms with Gasteiger partial charge in [-0.15, -0.1) is 0 Å². The lowest BCUT2D eigenvalue weighted by Gasteiger charge is -2.33. The first-order chi connectivity index (χ1) is 14.4. The molecule has 0 bridgehead atoms. The van der Waals surface area contributed by atoms with Gasteiger partial charge in [0.15, 0.2) is 0 Å². The van der Waals surface area contributed by atoms with Crippen LogP contribution in [-0.4, -0.2) is 29.8 Å². The number of hydrogen-bond acceptors (Lipinski definition) is 2. The van der Waals surface area contributed by atoms with Crippen molar-refractivity contribution in [1.82, 2.24) is 4.90 Å². The lowest BCUT2D eigenvalue weighted by molar-refractivity contribution is -0.133. The predicted octanol–water partition coefficient (Wildman–Crippen LogP) is 5.38. The zero-order valence-corrected chi connectivity index (χ0v) is 18.1. The van der Waals surface area contributed by atoms with E-state index in [1.807, 2.05) is 29.2 Å². The molecule has 0 saturated carbocycles. The van der Waals surface area contributed by atoms with E-state index in [-0.39, 0.29) is 17.6 Å². The van der Waals surface area contributed by atoms with E-state index < -0.39 is 0 Å². The predicted molar refractivity (Wildman–Crippen MR) is 118 cm³/mol. The van der Waals surface area contributed by atoms with Gasteiger partial charge in [0.05, 0.1) is 0 Å². The zero-order chi connectivity index (χ0) is 21.5. The topological polar surface area (TPSA) is 49.4 Å². The highest BCUT2D eigenvalue weighted by atomic mass is 35.5. The number of piperidine rings is 1. The molecule has 0 aromatic heterocycles. The van der Waals surface area contributed by atoms with Gasteiger partial charge in [-0.05, 0) is 80.0 Å². The van der Waals surface area contributed by atoms with Gasteiger partial charge in [0, 0.05) is 36.6 Å². The fourth-order valence-electron chi connectivity index (χ4n) is 3.94. The Hall–Kier alpha value is -2.40. The normalized spacial score (nSPS) is 16.4. The summed E-state index contributed by atoms with van der Waals surface area (Å²) in [4.78, 5) is 26.9. The number of carbonyl (C=O) groups is 2. The Bertz CT molecular complexity index is 903. The standard InChI is InChI=1S/C24H28ClFN2O2/c1-17-14-21(26)9-10-22(17)27-23(29)11-7-19-5-3-13-28(16-19)24(30)12-8-18-4-2-6-20(25)15-18/h2,4,6,9-10,14-15,19H,3,5,7-8,11-13,16H2,1H3,(H,27,29)/t19-/m1/s1. The van der Waals surface area contributed by atoms with Crippen LogP contribution in [0, 0.1) is 18.7 Å². The quantitative estimate of drug-likeness (QED) is 0.641. The third kappa shape index (κ3) is 6.56. The molecule has 1 atom stereocenters. The van der Waals surface area contributed by atoms with Crippen molar-refractivity contribution in [3.63, 3.8) is 0 Å². The van der Waals surface area contributed by atoms with Gasteiger partial charge >= 0.3 is 0 Å². The van der Waals surface area contributed by atoms with Gasteiger partial charge < -0.3 is 10.2 Å². The SMILES string of the molecule is Cc1cc(F)ccc1NC(=O)CC[C@H]1CCCN(C(=O)CCc2cccc(Cl)c2)C1. The average molecular weight is 431 g/mol. The van der Waals surface area contributed by atoms with Crippen molar-refractivity contribution in [2.45, 2.75) is 45.4 Å². The molecular formula is C24H28ClFN2O2. The van der Waals surface area contributed by atoms with Crippen LogP contribution in [0.1, 0.15) is 43.2 Å². The van der Waals surface area contributed by atoms with Crippen molar-refractivity contribution >= 4 is 29.1 Å². The minimum Gasteiger partial charge on any atom is -0.342 e. The summed E-state index contributed by atoms with van der Waals surface area (Å²) in [6, 6.07) is 12.0. The number of nitrogens with zero attached hydrogens (tertiary/aromatic N) is 1. The molecule has 1 heterocycles. The largest absolute Gasteiger partial charge is 0.342 e. The number of hydrogen-bond donors (Lipinski definition) is 1. The highest BCUT2D eigenvalue weighted by Crippen LogP contribution is 2.23. The van der Waals surface area contributed by atoms with Crippen molar-refractivity contribution in [3.8, 4) is 0 Å². The number of rotatable bonds is 7. The third-order valence-corrected chi connectivity index (χ3v) is 5.87. The van der Waals surface area contributed by atoms with Crippen LogP contribution in [0.15, 0.2) is 42.5 Å². The molecule has 1 aliphatic heterocycles. The maximum Gasteiger partial charge on any atom is 0.224 e. The van der Waals surface area contributed by atoms with E-state index in [0.717, 1.165) is 31.4 Å². The summed E-state index contributed by atoms with van der Waals surface area (Å²) in [7, 11) is 0. The fourth-order valence-corrected chi connectivity index (χ4v) is 4.16. The average Bonchev–Trinajstić information content (AvgIpc) is 2.73. The molecule has 2 aromatic carbocycles. The summed E-state index contributed by atoms with van der Waals surface area (Å²) in [6.07, 6.45) is 4.28. The van der Waals surface area contributed by atoms with Gasteiger partial charge in [-0.1, -0.05) is 23.7 Å². The first-order valence-electron chi connectivity index (χ1n) is 10.5. The number of benzene rings is 2. The molecule has 1 N–H and O–H groups in total. The van der Waals surface area contributed by atoms with E-state index in [4.69, 9.17) is 11.6 Å². The van der Waals surface area contributed by atoms with Crippen LogP contribution in [0.3, 0.4) is 0 Å². The van der Waals surface area contributed by atoms with Crippen LogP contribution >= 0.6 is 11.6 Å². The first kappa shape index (κ1) is 22.3. The van der Waals surface area contributed by atoms with Crippen LogP contribution in [-0.2, 0) is 16.0 Å². The van der Waals surface area contributed by atoms with E-state index in [2.05, 4.69) is 5.32 Å². The van der Waals surface area contributed by atoms with Crippen LogP contribution < -0.4 is 5.32 Å². The minimum absolute atomic E-state index is 0.0749. The number of anilines is 1. The maximum atomic E-state index is 13.2. The molecule has 1 fully saturated rings. The second-order valence-corrected chi connectivity index (χ2v) is 8.46. The Labute approximate surface area is 182 Å². The van der Waals surface area contributed by atoms with Gasteiger partial charge in [0.25, 0.3) is 0 Å². The van der Waals surface area contributed by atoms with Crippen LogP contribution in [0.4, 0.5) is 10.1 Å².